The van der Waals surface area contributed by atoms with E-state index in [-0.39, 0.29) is 0 Å². The maximum Gasteiger partial charge on any atom is -0.0133 e. The second-order valence-electron chi connectivity index (χ2n) is 3.85. The van der Waals surface area contributed by atoms with Crippen LogP contribution in [0.25, 0.3) is 0 Å². The van der Waals surface area contributed by atoms with Gasteiger partial charge in [0.2, 0.25) is 0 Å². The largest absolute Gasteiger partial charge is 0.0879 e. The van der Waals surface area contributed by atoms with Gasteiger partial charge in [0.1, 0.15) is 0 Å². The van der Waals surface area contributed by atoms with E-state index in [1.54, 1.807) is 0 Å². The Morgan fingerprint density at radius 2 is 1.50 bits per heavy atom. The van der Waals surface area contributed by atoms with Crippen LogP contribution in [0.15, 0.2) is 24.3 Å². The molecule has 3 aliphatic rings. The van der Waals surface area contributed by atoms with Gasteiger partial charge < -0.3 is 0 Å². The van der Waals surface area contributed by atoms with Crippen molar-refractivity contribution >= 4 is 0 Å². The van der Waals surface area contributed by atoms with Gasteiger partial charge in [-0.15, -0.1) is 0 Å². The molecule has 0 spiro atoms. The molecule has 4 unspecified atom stereocenters. The van der Waals surface area contributed by atoms with Gasteiger partial charge in [0.05, 0.1) is 0 Å². The Balaban J connectivity index is 0.000000222. The minimum absolute atomic E-state index is 0.925. The van der Waals surface area contributed by atoms with Crippen molar-refractivity contribution in [2.75, 3.05) is 0 Å². The highest BCUT2D eigenvalue weighted by molar-refractivity contribution is 5.21. The number of hydrogen-bond donors (Lipinski definition) is 0. The van der Waals surface area contributed by atoms with Crippen LogP contribution in [0.4, 0.5) is 0 Å². The topological polar surface area (TPSA) is 0 Å². The Hall–Kier alpha value is -0.520. The van der Waals surface area contributed by atoms with E-state index in [9.17, 15) is 0 Å². The average Bonchev–Trinajstić information content (AvgIpc) is 2.97. The summed E-state index contributed by atoms with van der Waals surface area (Å²) in [6, 6.07) is 0. The van der Waals surface area contributed by atoms with Crippen molar-refractivity contribution in [3.8, 4) is 0 Å². The minimum atomic E-state index is 0.925. The van der Waals surface area contributed by atoms with Gasteiger partial charge in [-0.2, -0.15) is 0 Å². The van der Waals surface area contributed by atoms with Crippen LogP contribution in [-0.4, -0.2) is 0 Å². The van der Waals surface area contributed by atoms with Crippen LogP contribution < -0.4 is 0 Å². The minimum Gasteiger partial charge on any atom is -0.0879 e. The highest BCUT2D eigenvalue weighted by Gasteiger charge is 2.44. The Morgan fingerprint density at radius 3 is 2.14 bits per heavy atom. The molecule has 3 aliphatic carbocycles. The summed E-state index contributed by atoms with van der Waals surface area (Å²) >= 11 is 0. The molecule has 3 rings (SSSR count). The second-order valence-corrected chi connectivity index (χ2v) is 3.85. The van der Waals surface area contributed by atoms with Crippen molar-refractivity contribution < 1.29 is 0 Å². The summed E-state index contributed by atoms with van der Waals surface area (Å²) in [6.07, 6.45) is 12.5. The molecule has 2 bridgehead atoms. The third-order valence-corrected chi connectivity index (χ3v) is 3.46. The van der Waals surface area contributed by atoms with E-state index in [1.165, 1.54) is 12.8 Å². The first kappa shape index (κ1) is 11.6. The smallest absolute Gasteiger partial charge is 0.0133 e. The third kappa shape index (κ3) is 1.80. The predicted octanol–water partition coefficient (Wildman–Crippen LogP) is 4.44. The van der Waals surface area contributed by atoms with Crippen molar-refractivity contribution in [1.29, 1.82) is 0 Å². The fraction of sp³-hybridized carbons (Fsp3) is 0.714. The zero-order valence-electron chi connectivity index (χ0n) is 10.0. The molecule has 0 radical (unpaired) electrons. The van der Waals surface area contributed by atoms with Crippen LogP contribution in [0, 0.1) is 23.7 Å². The van der Waals surface area contributed by atoms with E-state index in [0.29, 0.717) is 0 Å². The first-order chi connectivity index (χ1) is 6.95. The summed E-state index contributed by atoms with van der Waals surface area (Å²) in [7, 11) is 0. The van der Waals surface area contributed by atoms with Gasteiger partial charge in [0, 0.05) is 0 Å². The average molecular weight is 192 g/mol. The van der Waals surface area contributed by atoms with Gasteiger partial charge in [0.25, 0.3) is 0 Å². The van der Waals surface area contributed by atoms with E-state index < -0.39 is 0 Å². The summed E-state index contributed by atoms with van der Waals surface area (Å²) in [5.74, 6) is 3.82. The van der Waals surface area contributed by atoms with Gasteiger partial charge in [-0.1, -0.05) is 52.0 Å². The van der Waals surface area contributed by atoms with Gasteiger partial charge in [0.15, 0.2) is 0 Å². The molecular weight excluding hydrogens is 168 g/mol. The summed E-state index contributed by atoms with van der Waals surface area (Å²) in [6.45, 7) is 8.00. The Morgan fingerprint density at radius 1 is 0.857 bits per heavy atom. The molecule has 0 heterocycles. The van der Waals surface area contributed by atoms with E-state index in [4.69, 9.17) is 0 Å². The lowest BCUT2D eigenvalue weighted by Gasteiger charge is -2.18. The van der Waals surface area contributed by atoms with Crippen molar-refractivity contribution in [2.24, 2.45) is 23.7 Å². The van der Waals surface area contributed by atoms with Crippen LogP contribution in [0.5, 0.6) is 0 Å². The highest BCUT2D eigenvalue weighted by atomic mass is 14.5. The SMILES string of the molecule is C1=CC2C3C=CC(C3)C2C1.CC.CC. The quantitative estimate of drug-likeness (QED) is 0.498. The van der Waals surface area contributed by atoms with Crippen LogP contribution in [-0.2, 0) is 0 Å². The lowest BCUT2D eigenvalue weighted by Crippen LogP contribution is -2.12. The molecule has 0 nitrogen and oxygen atoms in total. The Bertz CT molecular complexity index is 212. The van der Waals surface area contributed by atoms with Crippen LogP contribution in [0.2, 0.25) is 0 Å². The molecule has 0 saturated heterocycles. The molecule has 0 aromatic carbocycles. The first-order valence-electron chi connectivity index (χ1n) is 6.30. The van der Waals surface area contributed by atoms with E-state index in [0.717, 1.165) is 23.7 Å². The Labute approximate surface area is 89.1 Å². The van der Waals surface area contributed by atoms with Gasteiger partial charge in [-0.25, -0.2) is 0 Å². The van der Waals surface area contributed by atoms with Gasteiger partial charge in [-0.3, -0.25) is 0 Å². The number of hydrogen-bond acceptors (Lipinski definition) is 0. The number of fused-ring (bicyclic) bond motifs is 5. The number of rotatable bonds is 0. The molecule has 14 heavy (non-hydrogen) atoms. The number of allylic oxidation sites excluding steroid dienone is 4. The zero-order valence-corrected chi connectivity index (χ0v) is 10.0. The fourth-order valence-corrected chi connectivity index (χ4v) is 2.97. The molecule has 1 fully saturated rings. The Kier molecular flexibility index (Phi) is 4.44. The summed E-state index contributed by atoms with van der Waals surface area (Å²) in [5.41, 5.74) is 0. The predicted molar refractivity (Wildman–Crippen MR) is 64.2 cm³/mol. The van der Waals surface area contributed by atoms with Crippen molar-refractivity contribution in [3.05, 3.63) is 24.3 Å². The molecule has 0 aliphatic heterocycles. The highest BCUT2D eigenvalue weighted by Crippen LogP contribution is 2.52. The molecule has 0 amide bonds. The van der Waals surface area contributed by atoms with Crippen molar-refractivity contribution in [1.82, 2.24) is 0 Å². The maximum atomic E-state index is 2.44. The lowest BCUT2D eigenvalue weighted by molar-refractivity contribution is 0.398. The van der Waals surface area contributed by atoms with Gasteiger partial charge in [-0.05, 0) is 36.5 Å². The monoisotopic (exact) mass is 192 g/mol. The molecule has 0 N–H and O–H groups in total. The molecule has 0 heteroatoms. The van der Waals surface area contributed by atoms with Crippen molar-refractivity contribution in [3.63, 3.8) is 0 Å². The maximum absolute atomic E-state index is 2.44. The molecule has 80 valence electrons. The molecule has 4 atom stereocenters. The molecular formula is C14H24. The second kappa shape index (κ2) is 5.38. The fourth-order valence-electron chi connectivity index (χ4n) is 2.97. The molecule has 1 saturated carbocycles. The van der Waals surface area contributed by atoms with Gasteiger partial charge >= 0.3 is 0 Å². The standard InChI is InChI=1S/C10H12.2C2H6/c1-2-9-7-4-5-8(6-7)10(9)3-1;2*1-2/h1-2,4-5,7-10H,3,6H2;2*1-2H3. The van der Waals surface area contributed by atoms with E-state index in [1.807, 2.05) is 27.7 Å². The summed E-state index contributed by atoms with van der Waals surface area (Å²) < 4.78 is 0. The zero-order chi connectivity index (χ0) is 10.6. The normalized spacial score (nSPS) is 39.7. The summed E-state index contributed by atoms with van der Waals surface area (Å²) in [4.78, 5) is 0. The van der Waals surface area contributed by atoms with E-state index in [2.05, 4.69) is 24.3 Å². The summed E-state index contributed by atoms with van der Waals surface area (Å²) in [5, 5.41) is 0. The van der Waals surface area contributed by atoms with E-state index >= 15 is 0 Å². The van der Waals surface area contributed by atoms with Crippen LogP contribution >= 0.6 is 0 Å². The van der Waals surface area contributed by atoms with Crippen LogP contribution in [0.3, 0.4) is 0 Å². The first-order valence-corrected chi connectivity index (χ1v) is 6.30. The third-order valence-electron chi connectivity index (χ3n) is 3.46. The van der Waals surface area contributed by atoms with Crippen LogP contribution in [0.1, 0.15) is 40.5 Å². The van der Waals surface area contributed by atoms with Crippen molar-refractivity contribution in [2.45, 2.75) is 40.5 Å². The molecule has 0 aromatic heterocycles. The lowest BCUT2D eigenvalue weighted by atomic mass is 9.86. The molecule has 0 aromatic rings.